The Balaban J connectivity index is 2.08. The summed E-state index contributed by atoms with van der Waals surface area (Å²) >= 11 is 0. The highest BCUT2D eigenvalue weighted by Gasteiger charge is 2.37. The van der Waals surface area contributed by atoms with Crippen LogP contribution in [0.15, 0.2) is 0 Å². The van der Waals surface area contributed by atoms with E-state index in [0.29, 0.717) is 5.92 Å². The van der Waals surface area contributed by atoms with Crippen LogP contribution >= 0.6 is 0 Å². The maximum Gasteiger partial charge on any atom is 0.323 e. The van der Waals surface area contributed by atoms with Crippen molar-refractivity contribution in [2.75, 3.05) is 19.6 Å². The van der Waals surface area contributed by atoms with Crippen molar-refractivity contribution in [1.29, 1.82) is 0 Å². The molecule has 0 bridgehead atoms. The lowest BCUT2D eigenvalue weighted by Crippen LogP contribution is -2.55. The van der Waals surface area contributed by atoms with E-state index in [0.717, 1.165) is 25.8 Å². The van der Waals surface area contributed by atoms with E-state index >= 15 is 0 Å². The van der Waals surface area contributed by atoms with Crippen LogP contribution in [0.1, 0.15) is 38.5 Å². The number of carboxylic acid groups (broad SMARTS) is 1. The second-order valence-corrected chi connectivity index (χ2v) is 5.68. The molecule has 0 spiro atoms. The smallest absolute Gasteiger partial charge is 0.323 e. The Morgan fingerprint density at radius 3 is 2.65 bits per heavy atom. The molecule has 1 heterocycles. The largest absolute Gasteiger partial charge is 0.480 e. The van der Waals surface area contributed by atoms with E-state index in [4.69, 9.17) is 11.5 Å². The summed E-state index contributed by atoms with van der Waals surface area (Å²) in [6.45, 7) is 0.455. The second kappa shape index (κ2) is 6.65. The van der Waals surface area contributed by atoms with Crippen molar-refractivity contribution in [3.05, 3.63) is 0 Å². The molecule has 0 unspecified atom stereocenters. The van der Waals surface area contributed by atoms with Crippen molar-refractivity contribution in [2.45, 2.75) is 44.6 Å². The maximum atomic E-state index is 12.6. The summed E-state index contributed by atoms with van der Waals surface area (Å²) in [7, 11) is 0. The van der Waals surface area contributed by atoms with Gasteiger partial charge in [0.2, 0.25) is 0 Å². The van der Waals surface area contributed by atoms with Gasteiger partial charge < -0.3 is 14.9 Å². The number of piperidine rings is 1. The molecule has 20 heavy (non-hydrogen) atoms. The molecule has 2 aliphatic rings. The van der Waals surface area contributed by atoms with Crippen LogP contribution < -0.4 is 0 Å². The molecule has 5 nitrogen and oxygen atoms in total. The lowest BCUT2D eigenvalue weighted by atomic mass is 9.78. The predicted octanol–water partition coefficient (Wildman–Crippen LogP) is 1.78. The summed E-state index contributed by atoms with van der Waals surface area (Å²) in [4.78, 5) is 26.6. The van der Waals surface area contributed by atoms with Gasteiger partial charge in [-0.3, -0.25) is 4.79 Å². The average molecular weight is 278 g/mol. The molecule has 2 amide bonds. The van der Waals surface area contributed by atoms with Crippen molar-refractivity contribution < 1.29 is 14.7 Å². The zero-order valence-electron chi connectivity index (χ0n) is 11.8. The van der Waals surface area contributed by atoms with Crippen LogP contribution in [0.4, 0.5) is 4.79 Å². The fraction of sp³-hybridized carbons (Fsp3) is 0.733. The third kappa shape index (κ3) is 3.24. The first-order valence-corrected chi connectivity index (χ1v) is 7.34. The zero-order valence-corrected chi connectivity index (χ0v) is 11.8. The maximum absolute atomic E-state index is 12.6. The first-order valence-electron chi connectivity index (χ1n) is 7.34. The van der Waals surface area contributed by atoms with Gasteiger partial charge in [-0.1, -0.05) is 18.8 Å². The highest BCUT2D eigenvalue weighted by atomic mass is 16.4. The van der Waals surface area contributed by atoms with E-state index in [2.05, 4.69) is 5.92 Å². The zero-order chi connectivity index (χ0) is 14.5. The van der Waals surface area contributed by atoms with Gasteiger partial charge in [-0.2, -0.15) is 0 Å². The number of carbonyl (C=O) groups is 2. The van der Waals surface area contributed by atoms with Crippen molar-refractivity contribution >= 4 is 12.0 Å². The van der Waals surface area contributed by atoms with Gasteiger partial charge in [-0.15, -0.1) is 6.42 Å². The highest BCUT2D eigenvalue weighted by Crippen LogP contribution is 2.35. The quantitative estimate of drug-likeness (QED) is 0.800. The molecule has 110 valence electrons. The molecule has 1 saturated heterocycles. The molecule has 2 rings (SSSR count). The first-order chi connectivity index (χ1) is 9.63. The minimum absolute atomic E-state index is 0.0546. The number of nitrogens with zero attached hydrogens (tertiary/aromatic N) is 2. The van der Waals surface area contributed by atoms with Gasteiger partial charge in [0, 0.05) is 12.6 Å². The standard InChI is InChI=1S/C15H22N2O3/c1-2-9-16(11-14(18)19)15(20)17-10-5-7-12-6-3-4-8-13(12)17/h1,12-13H,3-11H2,(H,18,19)/t12-,13-/m1/s1. The van der Waals surface area contributed by atoms with E-state index < -0.39 is 5.97 Å². The Morgan fingerprint density at radius 1 is 1.25 bits per heavy atom. The third-order valence-corrected chi connectivity index (χ3v) is 4.37. The van der Waals surface area contributed by atoms with E-state index in [9.17, 15) is 9.59 Å². The Labute approximate surface area is 119 Å². The molecule has 2 atom stereocenters. The first kappa shape index (κ1) is 14.7. The summed E-state index contributed by atoms with van der Waals surface area (Å²) in [6.07, 6.45) is 12.0. The number of aliphatic carboxylic acids is 1. The van der Waals surface area contributed by atoms with Gasteiger partial charge in [-0.05, 0) is 31.6 Å². The Bertz CT molecular complexity index is 414. The van der Waals surface area contributed by atoms with Crippen LogP contribution in [-0.2, 0) is 4.79 Å². The number of hydrogen-bond donors (Lipinski definition) is 1. The monoisotopic (exact) mass is 278 g/mol. The molecule has 1 N–H and O–H groups in total. The summed E-state index contributed by atoms with van der Waals surface area (Å²) in [5.41, 5.74) is 0. The average Bonchev–Trinajstić information content (AvgIpc) is 2.45. The minimum atomic E-state index is -1.02. The van der Waals surface area contributed by atoms with Crippen molar-refractivity contribution in [1.82, 2.24) is 9.80 Å². The highest BCUT2D eigenvalue weighted by molar-refractivity contribution is 5.80. The third-order valence-electron chi connectivity index (χ3n) is 4.37. The van der Waals surface area contributed by atoms with Gasteiger partial charge in [-0.25, -0.2) is 4.79 Å². The van der Waals surface area contributed by atoms with Gasteiger partial charge in [0.1, 0.15) is 6.54 Å². The molecule has 0 aromatic heterocycles. The SMILES string of the molecule is C#CCN(CC(=O)O)C(=O)N1CCC[C@H]2CCCC[C@H]21. The van der Waals surface area contributed by atoms with Gasteiger partial charge in [0.15, 0.2) is 0 Å². The Kier molecular flexibility index (Phi) is 4.89. The van der Waals surface area contributed by atoms with E-state index in [1.807, 2.05) is 4.90 Å². The van der Waals surface area contributed by atoms with Gasteiger partial charge in [0.05, 0.1) is 6.54 Å². The molecule has 0 aromatic carbocycles. The number of fused-ring (bicyclic) bond motifs is 1. The van der Waals surface area contributed by atoms with Crippen molar-refractivity contribution in [3.8, 4) is 12.3 Å². The fourth-order valence-corrected chi connectivity index (χ4v) is 3.51. The number of carboxylic acids is 1. The molecule has 1 aliphatic carbocycles. The van der Waals surface area contributed by atoms with E-state index in [1.54, 1.807) is 0 Å². The number of carbonyl (C=O) groups excluding carboxylic acids is 1. The summed E-state index contributed by atoms with van der Waals surface area (Å²) in [6, 6.07) is 0.0704. The topological polar surface area (TPSA) is 60.9 Å². The van der Waals surface area contributed by atoms with Crippen LogP contribution in [0.25, 0.3) is 0 Å². The number of hydrogen-bond acceptors (Lipinski definition) is 2. The Hall–Kier alpha value is -1.70. The van der Waals surface area contributed by atoms with Crippen LogP contribution in [0.5, 0.6) is 0 Å². The normalized spacial score (nSPS) is 25.4. The lowest BCUT2D eigenvalue weighted by molar-refractivity contribution is -0.137. The molecule has 1 saturated carbocycles. The number of terminal acetylenes is 1. The van der Waals surface area contributed by atoms with E-state index in [1.165, 1.54) is 24.2 Å². The summed E-state index contributed by atoms with van der Waals surface area (Å²) in [5.74, 6) is 1.94. The molecule has 5 heteroatoms. The van der Waals surface area contributed by atoms with Crippen LogP contribution in [0.2, 0.25) is 0 Å². The Morgan fingerprint density at radius 2 is 1.95 bits per heavy atom. The van der Waals surface area contributed by atoms with Crippen LogP contribution in [0.3, 0.4) is 0 Å². The predicted molar refractivity (Wildman–Crippen MR) is 75.1 cm³/mol. The van der Waals surface area contributed by atoms with Crippen LogP contribution in [-0.4, -0.2) is 52.6 Å². The molecule has 1 aliphatic heterocycles. The number of rotatable bonds is 3. The number of amides is 2. The minimum Gasteiger partial charge on any atom is -0.480 e. The fourth-order valence-electron chi connectivity index (χ4n) is 3.51. The number of urea groups is 1. The summed E-state index contributed by atoms with van der Waals surface area (Å²) < 4.78 is 0. The second-order valence-electron chi connectivity index (χ2n) is 5.68. The van der Waals surface area contributed by atoms with E-state index in [-0.39, 0.29) is 25.2 Å². The van der Waals surface area contributed by atoms with Gasteiger partial charge in [0.25, 0.3) is 0 Å². The van der Waals surface area contributed by atoms with Crippen LogP contribution in [0, 0.1) is 18.3 Å². The molecule has 0 radical (unpaired) electrons. The lowest BCUT2D eigenvalue weighted by Gasteiger charge is -2.45. The number of likely N-dealkylation sites (tertiary alicyclic amines) is 1. The van der Waals surface area contributed by atoms with Crippen molar-refractivity contribution in [2.24, 2.45) is 5.92 Å². The summed E-state index contributed by atoms with van der Waals surface area (Å²) in [5, 5.41) is 8.91. The molecule has 2 fully saturated rings. The van der Waals surface area contributed by atoms with Gasteiger partial charge >= 0.3 is 12.0 Å². The van der Waals surface area contributed by atoms with Crippen molar-refractivity contribution in [3.63, 3.8) is 0 Å². The molecule has 0 aromatic rings. The molecular formula is C15H22N2O3. The molecular weight excluding hydrogens is 256 g/mol.